The number of halogens is 1. The Hall–Kier alpha value is -0.570. The topological polar surface area (TPSA) is 70.9 Å². The van der Waals surface area contributed by atoms with Gasteiger partial charge in [-0.2, -0.15) is 8.73 Å². The standard InChI is InChI=1S/C11H12BrN3O2S2/c12-7-3-1-4-8(7)15-19(16,17)10-6-2-5-9-11(10)14-18-13-9/h2,5-8,15H,1,3-4H2. The Kier molecular flexibility index (Phi) is 3.59. The van der Waals surface area contributed by atoms with Gasteiger partial charge in [0.15, 0.2) is 0 Å². The summed E-state index contributed by atoms with van der Waals surface area (Å²) in [7, 11) is -3.55. The number of nitrogens with zero attached hydrogens (tertiary/aromatic N) is 2. The SMILES string of the molecule is O=S(=O)(NC1CCCC1Br)c1cccc2c1N=S=N2. The fourth-order valence-electron chi connectivity index (χ4n) is 2.31. The van der Waals surface area contributed by atoms with Crippen molar-refractivity contribution >= 4 is 48.7 Å². The van der Waals surface area contributed by atoms with Crippen molar-refractivity contribution in [3.05, 3.63) is 18.2 Å². The molecule has 1 aromatic rings. The van der Waals surface area contributed by atoms with Crippen LogP contribution in [0.2, 0.25) is 0 Å². The van der Waals surface area contributed by atoms with Crippen molar-refractivity contribution in [2.45, 2.75) is 35.0 Å². The first kappa shape index (κ1) is 13.4. The van der Waals surface area contributed by atoms with Crippen molar-refractivity contribution in [2.75, 3.05) is 0 Å². The second-order valence-corrected chi connectivity index (χ2v) is 7.95. The molecule has 2 atom stereocenters. The Balaban J connectivity index is 1.93. The van der Waals surface area contributed by atoms with Gasteiger partial charge in [0.05, 0.1) is 11.4 Å². The predicted molar refractivity (Wildman–Crippen MR) is 78.7 cm³/mol. The minimum atomic E-state index is -3.55. The van der Waals surface area contributed by atoms with Crippen LogP contribution in [0.5, 0.6) is 0 Å². The molecule has 1 aliphatic carbocycles. The summed E-state index contributed by atoms with van der Waals surface area (Å²) < 4.78 is 35.8. The van der Waals surface area contributed by atoms with E-state index in [4.69, 9.17) is 0 Å². The number of hydrogen-bond acceptors (Lipinski definition) is 4. The zero-order valence-corrected chi connectivity index (χ0v) is 13.1. The van der Waals surface area contributed by atoms with E-state index in [9.17, 15) is 8.42 Å². The van der Waals surface area contributed by atoms with Crippen LogP contribution in [0.1, 0.15) is 19.3 Å². The van der Waals surface area contributed by atoms with Crippen LogP contribution in [0.4, 0.5) is 11.4 Å². The van der Waals surface area contributed by atoms with E-state index in [1.165, 1.54) is 0 Å². The van der Waals surface area contributed by atoms with E-state index in [-0.39, 0.29) is 15.8 Å². The summed E-state index contributed by atoms with van der Waals surface area (Å²) in [5, 5.41) is 0. The average molecular weight is 362 g/mol. The average Bonchev–Trinajstić information content (AvgIpc) is 2.98. The summed E-state index contributed by atoms with van der Waals surface area (Å²) in [5.41, 5.74) is 1.07. The predicted octanol–water partition coefficient (Wildman–Crippen LogP) is 3.01. The summed E-state index contributed by atoms with van der Waals surface area (Å²) in [5.74, 6) is 0. The molecular weight excluding hydrogens is 350 g/mol. The Labute approximate surface area is 123 Å². The van der Waals surface area contributed by atoms with Crippen LogP contribution in [0.25, 0.3) is 0 Å². The lowest BCUT2D eigenvalue weighted by Gasteiger charge is -2.16. The van der Waals surface area contributed by atoms with E-state index in [1.54, 1.807) is 18.2 Å². The maximum Gasteiger partial charge on any atom is 0.243 e. The summed E-state index contributed by atoms with van der Waals surface area (Å²) in [6, 6.07) is 4.98. The lowest BCUT2D eigenvalue weighted by atomic mass is 10.3. The summed E-state index contributed by atoms with van der Waals surface area (Å²) in [6.07, 6.45) is 2.89. The molecule has 2 aliphatic rings. The van der Waals surface area contributed by atoms with Crippen molar-refractivity contribution in [3.63, 3.8) is 0 Å². The zero-order valence-electron chi connectivity index (χ0n) is 9.91. The van der Waals surface area contributed by atoms with Crippen molar-refractivity contribution in [1.29, 1.82) is 0 Å². The molecule has 1 aromatic carbocycles. The van der Waals surface area contributed by atoms with Crippen LogP contribution in [0, 0.1) is 0 Å². The van der Waals surface area contributed by atoms with Crippen LogP contribution in [0.3, 0.4) is 0 Å². The lowest BCUT2D eigenvalue weighted by molar-refractivity contribution is 0.556. The number of fused-ring (bicyclic) bond motifs is 1. The number of alkyl halides is 1. The highest BCUT2D eigenvalue weighted by Gasteiger charge is 2.31. The molecule has 1 saturated carbocycles. The molecule has 0 amide bonds. The molecule has 1 fully saturated rings. The first-order valence-electron chi connectivity index (χ1n) is 5.95. The lowest BCUT2D eigenvalue weighted by Crippen LogP contribution is -2.37. The highest BCUT2D eigenvalue weighted by molar-refractivity contribution is 9.09. The van der Waals surface area contributed by atoms with Gasteiger partial charge >= 0.3 is 0 Å². The number of hydrogen-bond donors (Lipinski definition) is 1. The highest BCUT2D eigenvalue weighted by atomic mass is 79.9. The monoisotopic (exact) mass is 361 g/mol. The van der Waals surface area contributed by atoms with E-state index in [2.05, 4.69) is 29.4 Å². The van der Waals surface area contributed by atoms with Crippen molar-refractivity contribution in [3.8, 4) is 0 Å². The molecule has 1 N–H and O–H groups in total. The van der Waals surface area contributed by atoms with Gasteiger partial charge in [0.25, 0.3) is 0 Å². The van der Waals surface area contributed by atoms with E-state index in [0.29, 0.717) is 11.4 Å². The molecule has 2 unspecified atom stereocenters. The second kappa shape index (κ2) is 5.08. The largest absolute Gasteiger partial charge is 0.243 e. The minimum Gasteiger partial charge on any atom is -0.207 e. The van der Waals surface area contributed by atoms with Gasteiger partial charge < -0.3 is 0 Å². The molecule has 0 radical (unpaired) electrons. The van der Waals surface area contributed by atoms with Gasteiger partial charge in [0.1, 0.15) is 16.3 Å². The third kappa shape index (κ3) is 2.54. The first-order valence-corrected chi connectivity index (χ1v) is 9.08. The second-order valence-electron chi connectivity index (χ2n) is 4.56. The molecule has 19 heavy (non-hydrogen) atoms. The van der Waals surface area contributed by atoms with Gasteiger partial charge in [-0.1, -0.05) is 28.4 Å². The fraction of sp³-hybridized carbons (Fsp3) is 0.455. The molecule has 102 valence electrons. The van der Waals surface area contributed by atoms with Crippen LogP contribution in [-0.2, 0) is 21.4 Å². The van der Waals surface area contributed by atoms with Crippen LogP contribution >= 0.6 is 15.9 Å². The smallest absolute Gasteiger partial charge is 0.207 e. The zero-order chi connectivity index (χ0) is 13.5. The van der Waals surface area contributed by atoms with Crippen LogP contribution < -0.4 is 4.72 Å². The third-order valence-electron chi connectivity index (χ3n) is 3.28. The minimum absolute atomic E-state index is 0.0492. The van der Waals surface area contributed by atoms with Gasteiger partial charge in [-0.3, -0.25) is 0 Å². The van der Waals surface area contributed by atoms with Gasteiger partial charge in [-0.15, -0.1) is 0 Å². The summed E-state index contributed by atoms with van der Waals surface area (Å²) in [6.45, 7) is 0. The van der Waals surface area contributed by atoms with E-state index in [0.717, 1.165) is 30.6 Å². The molecule has 1 aliphatic heterocycles. The van der Waals surface area contributed by atoms with Gasteiger partial charge in [-0.05, 0) is 25.0 Å². The maximum absolute atomic E-state index is 12.5. The number of benzene rings is 1. The molecular formula is C11H12BrN3O2S2. The Morgan fingerprint density at radius 3 is 2.89 bits per heavy atom. The summed E-state index contributed by atoms with van der Waals surface area (Å²) in [4.78, 5) is 0.417. The van der Waals surface area contributed by atoms with E-state index in [1.807, 2.05) is 0 Å². The van der Waals surface area contributed by atoms with Gasteiger partial charge in [0.2, 0.25) is 10.0 Å². The molecule has 0 bridgehead atoms. The molecule has 0 saturated heterocycles. The summed E-state index contributed by atoms with van der Waals surface area (Å²) >= 11 is 4.54. The van der Waals surface area contributed by atoms with E-state index >= 15 is 0 Å². The fourth-order valence-corrected chi connectivity index (χ4v) is 5.28. The Bertz CT molecular complexity index is 683. The molecule has 0 spiro atoms. The highest BCUT2D eigenvalue weighted by Crippen LogP contribution is 2.37. The molecule has 5 nitrogen and oxygen atoms in total. The van der Waals surface area contributed by atoms with Crippen LogP contribution in [-0.4, -0.2) is 19.3 Å². The molecule has 0 aromatic heterocycles. The van der Waals surface area contributed by atoms with Crippen LogP contribution in [0.15, 0.2) is 31.8 Å². The molecule has 3 rings (SSSR count). The first-order chi connectivity index (χ1) is 9.08. The Morgan fingerprint density at radius 2 is 2.16 bits per heavy atom. The van der Waals surface area contributed by atoms with Crippen molar-refractivity contribution in [2.24, 2.45) is 8.73 Å². The van der Waals surface area contributed by atoms with Gasteiger partial charge in [-0.25, -0.2) is 13.1 Å². The van der Waals surface area contributed by atoms with Crippen molar-refractivity contribution in [1.82, 2.24) is 4.72 Å². The Morgan fingerprint density at radius 1 is 1.32 bits per heavy atom. The van der Waals surface area contributed by atoms with Crippen molar-refractivity contribution < 1.29 is 8.42 Å². The molecule has 1 heterocycles. The quantitative estimate of drug-likeness (QED) is 0.853. The number of nitrogens with one attached hydrogen (secondary N) is 1. The van der Waals surface area contributed by atoms with Gasteiger partial charge in [0, 0.05) is 10.9 Å². The number of rotatable bonds is 3. The number of sulfonamides is 1. The third-order valence-corrected chi connectivity index (χ3v) is 6.44. The maximum atomic E-state index is 12.5. The normalized spacial score (nSPS) is 25.3. The van der Waals surface area contributed by atoms with E-state index < -0.39 is 10.0 Å². The molecule has 8 heteroatoms.